The van der Waals surface area contributed by atoms with E-state index in [-0.39, 0.29) is 6.10 Å². The summed E-state index contributed by atoms with van der Waals surface area (Å²) >= 11 is 0. The number of aliphatic hydroxyl groups excluding tert-OH is 1. The van der Waals surface area contributed by atoms with Gasteiger partial charge in [0.15, 0.2) is 0 Å². The summed E-state index contributed by atoms with van der Waals surface area (Å²) in [5.74, 6) is 0.750. The van der Waals surface area contributed by atoms with Crippen molar-refractivity contribution in [2.75, 3.05) is 19.6 Å². The highest BCUT2D eigenvalue weighted by Crippen LogP contribution is 2.33. The maximum Gasteiger partial charge on any atom is 0.0802 e. The molecule has 2 heteroatoms. The van der Waals surface area contributed by atoms with Gasteiger partial charge in [0.05, 0.1) is 6.10 Å². The van der Waals surface area contributed by atoms with E-state index in [1.54, 1.807) is 0 Å². The summed E-state index contributed by atoms with van der Waals surface area (Å²) < 4.78 is 0. The molecule has 0 bridgehead atoms. The minimum Gasteiger partial charge on any atom is -0.388 e. The van der Waals surface area contributed by atoms with Crippen molar-refractivity contribution in [3.05, 3.63) is 35.4 Å². The van der Waals surface area contributed by atoms with Gasteiger partial charge in [0.1, 0.15) is 0 Å². The topological polar surface area (TPSA) is 23.5 Å². The zero-order valence-electron chi connectivity index (χ0n) is 15.1. The zero-order valence-corrected chi connectivity index (χ0v) is 15.1. The second kappa shape index (κ2) is 10.1. The number of rotatable bonds is 9. The van der Waals surface area contributed by atoms with Crippen LogP contribution in [0.2, 0.25) is 0 Å². The van der Waals surface area contributed by atoms with E-state index in [4.69, 9.17) is 0 Å². The van der Waals surface area contributed by atoms with E-state index in [1.165, 1.54) is 50.5 Å². The van der Waals surface area contributed by atoms with Gasteiger partial charge in [-0.2, -0.15) is 0 Å². The van der Waals surface area contributed by atoms with Crippen LogP contribution in [0, 0.1) is 0 Å². The van der Waals surface area contributed by atoms with Gasteiger partial charge in [0, 0.05) is 6.54 Å². The van der Waals surface area contributed by atoms with Gasteiger partial charge in [0.25, 0.3) is 0 Å². The third kappa shape index (κ3) is 5.93. The molecule has 130 valence electrons. The molecule has 0 heterocycles. The molecule has 1 N–H and O–H groups in total. The van der Waals surface area contributed by atoms with Crippen LogP contribution < -0.4 is 0 Å². The minimum absolute atomic E-state index is 0.328. The van der Waals surface area contributed by atoms with Crippen molar-refractivity contribution in [2.24, 2.45) is 0 Å². The average Bonchev–Trinajstić information content (AvgIpc) is 2.62. The van der Waals surface area contributed by atoms with Crippen LogP contribution >= 0.6 is 0 Å². The monoisotopic (exact) mass is 317 g/mol. The second-order valence-electron chi connectivity index (χ2n) is 7.09. The summed E-state index contributed by atoms with van der Waals surface area (Å²) in [6, 6.07) is 8.81. The average molecular weight is 318 g/mol. The summed E-state index contributed by atoms with van der Waals surface area (Å²) in [5, 5.41) is 10.5. The molecule has 0 aromatic heterocycles. The van der Waals surface area contributed by atoms with Crippen LogP contribution in [0.4, 0.5) is 0 Å². The van der Waals surface area contributed by atoms with Crippen molar-refractivity contribution in [1.29, 1.82) is 0 Å². The van der Waals surface area contributed by atoms with Crippen LogP contribution in [0.25, 0.3) is 0 Å². The molecule has 1 fully saturated rings. The summed E-state index contributed by atoms with van der Waals surface area (Å²) in [5.41, 5.74) is 2.55. The first kappa shape index (κ1) is 18.5. The highest BCUT2D eigenvalue weighted by atomic mass is 16.3. The number of unbranched alkanes of at least 4 members (excludes halogenated alkanes) is 1. The fourth-order valence-electron chi connectivity index (χ4n) is 3.71. The lowest BCUT2D eigenvalue weighted by atomic mass is 9.84. The van der Waals surface area contributed by atoms with Gasteiger partial charge in [-0.05, 0) is 55.8 Å². The summed E-state index contributed by atoms with van der Waals surface area (Å²) in [4.78, 5) is 2.45. The van der Waals surface area contributed by atoms with Gasteiger partial charge in [-0.25, -0.2) is 0 Å². The number of aliphatic hydroxyl groups is 1. The molecular formula is C21H35NO. The predicted molar refractivity (Wildman–Crippen MR) is 98.9 cm³/mol. The van der Waals surface area contributed by atoms with Crippen molar-refractivity contribution in [1.82, 2.24) is 4.90 Å². The molecule has 1 aliphatic rings. The number of benzene rings is 1. The molecule has 0 amide bonds. The number of hydrogen-bond donors (Lipinski definition) is 1. The fraction of sp³-hybridized carbons (Fsp3) is 0.714. The van der Waals surface area contributed by atoms with Crippen molar-refractivity contribution < 1.29 is 5.11 Å². The Labute approximate surface area is 142 Å². The molecule has 0 spiro atoms. The first-order chi connectivity index (χ1) is 11.2. The van der Waals surface area contributed by atoms with Crippen LogP contribution in [0.3, 0.4) is 0 Å². The zero-order chi connectivity index (χ0) is 16.5. The summed E-state index contributed by atoms with van der Waals surface area (Å²) in [7, 11) is 0. The molecule has 0 saturated heterocycles. The Balaban J connectivity index is 1.83. The van der Waals surface area contributed by atoms with E-state index in [2.05, 4.69) is 43.0 Å². The lowest BCUT2D eigenvalue weighted by molar-refractivity contribution is 0.143. The van der Waals surface area contributed by atoms with Crippen LogP contribution in [0.5, 0.6) is 0 Å². The van der Waals surface area contributed by atoms with Crippen molar-refractivity contribution in [3.8, 4) is 0 Å². The molecule has 1 unspecified atom stereocenters. The Morgan fingerprint density at radius 2 is 1.74 bits per heavy atom. The van der Waals surface area contributed by atoms with Gasteiger partial charge >= 0.3 is 0 Å². The summed E-state index contributed by atoms with van der Waals surface area (Å²) in [6.07, 6.45) is 9.82. The van der Waals surface area contributed by atoms with Crippen molar-refractivity contribution in [3.63, 3.8) is 0 Å². The fourth-order valence-corrected chi connectivity index (χ4v) is 3.71. The molecule has 1 saturated carbocycles. The van der Waals surface area contributed by atoms with Crippen LogP contribution in [0.15, 0.2) is 24.3 Å². The Bertz CT molecular complexity index is 422. The molecule has 1 atom stereocenters. The standard InChI is InChI=1S/C21H35NO/c1-3-5-16-22(4-2)17-15-21(23)20-13-11-19(12-14-20)18-9-7-6-8-10-18/h11-14,18,21,23H,3-10,15-17H2,1-2H3. The second-order valence-corrected chi connectivity index (χ2v) is 7.09. The molecular weight excluding hydrogens is 282 g/mol. The third-order valence-corrected chi connectivity index (χ3v) is 5.39. The highest BCUT2D eigenvalue weighted by molar-refractivity contribution is 5.27. The lowest BCUT2D eigenvalue weighted by Crippen LogP contribution is -2.26. The van der Waals surface area contributed by atoms with Crippen molar-refractivity contribution >= 4 is 0 Å². The highest BCUT2D eigenvalue weighted by Gasteiger charge is 2.16. The molecule has 23 heavy (non-hydrogen) atoms. The maximum atomic E-state index is 10.5. The van der Waals surface area contributed by atoms with E-state index in [9.17, 15) is 5.11 Å². The first-order valence-corrected chi connectivity index (χ1v) is 9.74. The van der Waals surface area contributed by atoms with Crippen LogP contribution in [-0.4, -0.2) is 29.6 Å². The van der Waals surface area contributed by atoms with E-state index in [0.29, 0.717) is 0 Å². The van der Waals surface area contributed by atoms with E-state index in [1.807, 2.05) is 0 Å². The normalized spacial score (nSPS) is 17.6. The first-order valence-electron chi connectivity index (χ1n) is 9.74. The third-order valence-electron chi connectivity index (χ3n) is 5.39. The SMILES string of the molecule is CCCCN(CC)CCC(O)c1ccc(C2CCCCC2)cc1. The molecule has 2 nitrogen and oxygen atoms in total. The smallest absolute Gasteiger partial charge is 0.0802 e. The number of hydrogen-bond acceptors (Lipinski definition) is 2. The predicted octanol–water partition coefficient (Wildman–Crippen LogP) is 5.28. The molecule has 0 aliphatic heterocycles. The quantitative estimate of drug-likeness (QED) is 0.670. The molecule has 1 aromatic carbocycles. The molecule has 0 radical (unpaired) electrons. The van der Waals surface area contributed by atoms with Gasteiger partial charge < -0.3 is 10.0 Å². The molecule has 1 aliphatic carbocycles. The largest absolute Gasteiger partial charge is 0.388 e. The minimum atomic E-state index is -0.328. The van der Waals surface area contributed by atoms with Gasteiger partial charge in [-0.3, -0.25) is 0 Å². The van der Waals surface area contributed by atoms with E-state index < -0.39 is 0 Å². The van der Waals surface area contributed by atoms with Crippen molar-refractivity contribution in [2.45, 2.75) is 77.2 Å². The van der Waals surface area contributed by atoms with E-state index >= 15 is 0 Å². The molecule has 2 rings (SSSR count). The Hall–Kier alpha value is -0.860. The van der Waals surface area contributed by atoms with Crippen LogP contribution in [0.1, 0.15) is 88.4 Å². The Morgan fingerprint density at radius 3 is 2.35 bits per heavy atom. The van der Waals surface area contributed by atoms with Gasteiger partial charge in [-0.15, -0.1) is 0 Å². The van der Waals surface area contributed by atoms with Gasteiger partial charge in [-0.1, -0.05) is 63.8 Å². The number of nitrogens with zero attached hydrogens (tertiary/aromatic N) is 1. The summed E-state index contributed by atoms with van der Waals surface area (Å²) in [6.45, 7) is 7.66. The van der Waals surface area contributed by atoms with Crippen LogP contribution in [-0.2, 0) is 0 Å². The Kier molecular flexibility index (Phi) is 8.11. The Morgan fingerprint density at radius 1 is 1.04 bits per heavy atom. The molecule has 1 aromatic rings. The maximum absolute atomic E-state index is 10.5. The van der Waals surface area contributed by atoms with Gasteiger partial charge in [0.2, 0.25) is 0 Å². The van der Waals surface area contributed by atoms with E-state index in [0.717, 1.165) is 37.5 Å². The lowest BCUT2D eigenvalue weighted by Gasteiger charge is -2.23.